The van der Waals surface area contributed by atoms with Gasteiger partial charge in [0.15, 0.2) is 0 Å². The van der Waals surface area contributed by atoms with Gasteiger partial charge in [0.05, 0.1) is 17.9 Å². The van der Waals surface area contributed by atoms with Gasteiger partial charge in [0.2, 0.25) is 5.91 Å². The maximum atomic E-state index is 12.3. The summed E-state index contributed by atoms with van der Waals surface area (Å²) in [6.45, 7) is 4.15. The summed E-state index contributed by atoms with van der Waals surface area (Å²) in [4.78, 5) is 32.7. The van der Waals surface area contributed by atoms with E-state index in [2.05, 4.69) is 25.9 Å². The van der Waals surface area contributed by atoms with Gasteiger partial charge >= 0.3 is 6.03 Å². The SMILES string of the molecule is CCNC(=O)Nc1cnccc1C(NC(=O)CC)c1cccc2ccncc12. The number of anilines is 1. The zero-order valence-electron chi connectivity index (χ0n) is 15.9. The first-order valence-corrected chi connectivity index (χ1v) is 9.24. The summed E-state index contributed by atoms with van der Waals surface area (Å²) in [5.74, 6) is -0.0911. The molecule has 7 nitrogen and oxygen atoms in total. The quantitative estimate of drug-likeness (QED) is 0.613. The van der Waals surface area contributed by atoms with Crippen molar-refractivity contribution < 1.29 is 9.59 Å². The minimum Gasteiger partial charge on any atom is -0.345 e. The number of pyridine rings is 2. The fraction of sp³-hybridized carbons (Fsp3) is 0.238. The molecule has 2 aromatic heterocycles. The molecule has 0 aliphatic heterocycles. The molecular weight excluding hydrogens is 354 g/mol. The predicted octanol–water partition coefficient (Wildman–Crippen LogP) is 3.39. The second kappa shape index (κ2) is 8.94. The van der Waals surface area contributed by atoms with Crippen LogP contribution in [0.15, 0.2) is 55.1 Å². The Morgan fingerprint density at radius 1 is 1.00 bits per heavy atom. The highest BCUT2D eigenvalue weighted by molar-refractivity contribution is 5.91. The Morgan fingerprint density at radius 3 is 2.57 bits per heavy atom. The van der Waals surface area contributed by atoms with E-state index in [0.717, 1.165) is 21.9 Å². The maximum Gasteiger partial charge on any atom is 0.319 e. The van der Waals surface area contributed by atoms with Crippen LogP contribution in [0, 0.1) is 0 Å². The Morgan fingerprint density at radius 2 is 1.79 bits per heavy atom. The standard InChI is InChI=1S/C21H23N5O2/c1-3-19(27)26-20(15-7-5-6-14-8-10-22-12-17(14)15)16-9-11-23-13-18(16)25-21(28)24-4-2/h5-13,20H,3-4H2,1-2H3,(H,26,27)(H2,24,25,28). The summed E-state index contributed by atoms with van der Waals surface area (Å²) < 4.78 is 0. The molecule has 3 N–H and O–H groups in total. The molecule has 0 radical (unpaired) electrons. The van der Waals surface area contributed by atoms with Crippen LogP contribution in [-0.4, -0.2) is 28.5 Å². The van der Waals surface area contributed by atoms with Gasteiger partial charge in [-0.3, -0.25) is 14.8 Å². The second-order valence-corrected chi connectivity index (χ2v) is 6.25. The van der Waals surface area contributed by atoms with Gasteiger partial charge < -0.3 is 16.0 Å². The van der Waals surface area contributed by atoms with Crippen LogP contribution in [0.25, 0.3) is 10.8 Å². The highest BCUT2D eigenvalue weighted by Crippen LogP contribution is 2.32. The number of urea groups is 1. The molecular formula is C21H23N5O2. The molecule has 3 amide bonds. The molecule has 2 heterocycles. The lowest BCUT2D eigenvalue weighted by Crippen LogP contribution is -2.32. The molecule has 0 aliphatic carbocycles. The van der Waals surface area contributed by atoms with Crippen LogP contribution >= 0.6 is 0 Å². The molecule has 1 atom stereocenters. The van der Waals surface area contributed by atoms with Crippen molar-refractivity contribution in [1.29, 1.82) is 0 Å². The van der Waals surface area contributed by atoms with E-state index in [1.807, 2.05) is 31.2 Å². The molecule has 0 bridgehead atoms. The average Bonchev–Trinajstić information content (AvgIpc) is 2.72. The summed E-state index contributed by atoms with van der Waals surface area (Å²) in [6.07, 6.45) is 7.10. The number of benzene rings is 1. The Hall–Kier alpha value is -3.48. The summed E-state index contributed by atoms with van der Waals surface area (Å²) in [7, 11) is 0. The van der Waals surface area contributed by atoms with Crippen molar-refractivity contribution >= 4 is 28.4 Å². The second-order valence-electron chi connectivity index (χ2n) is 6.25. The lowest BCUT2D eigenvalue weighted by atomic mass is 9.94. The van der Waals surface area contributed by atoms with E-state index in [1.54, 1.807) is 37.8 Å². The van der Waals surface area contributed by atoms with Crippen LogP contribution in [0.4, 0.5) is 10.5 Å². The first-order chi connectivity index (χ1) is 13.6. The molecule has 0 spiro atoms. The van der Waals surface area contributed by atoms with Gasteiger partial charge in [0.25, 0.3) is 0 Å². The third-order valence-electron chi connectivity index (χ3n) is 4.41. The van der Waals surface area contributed by atoms with Crippen LogP contribution in [0.1, 0.15) is 37.4 Å². The fourth-order valence-electron chi connectivity index (χ4n) is 3.06. The minimum absolute atomic E-state index is 0.0911. The number of amides is 3. The van der Waals surface area contributed by atoms with E-state index in [-0.39, 0.29) is 11.9 Å². The van der Waals surface area contributed by atoms with Crippen LogP contribution in [0.5, 0.6) is 0 Å². The number of nitrogens with one attached hydrogen (secondary N) is 3. The number of rotatable bonds is 6. The molecule has 3 rings (SSSR count). The number of fused-ring (bicyclic) bond motifs is 1. The smallest absolute Gasteiger partial charge is 0.319 e. The highest BCUT2D eigenvalue weighted by Gasteiger charge is 2.22. The van der Waals surface area contributed by atoms with E-state index in [0.29, 0.717) is 18.7 Å². The highest BCUT2D eigenvalue weighted by atomic mass is 16.2. The van der Waals surface area contributed by atoms with Crippen LogP contribution in [0.3, 0.4) is 0 Å². The van der Waals surface area contributed by atoms with Crippen molar-refractivity contribution in [3.63, 3.8) is 0 Å². The minimum atomic E-state index is -0.458. The van der Waals surface area contributed by atoms with E-state index >= 15 is 0 Å². The van der Waals surface area contributed by atoms with Crippen molar-refractivity contribution in [3.05, 3.63) is 66.2 Å². The van der Waals surface area contributed by atoms with Crippen molar-refractivity contribution in [1.82, 2.24) is 20.6 Å². The lowest BCUT2D eigenvalue weighted by Gasteiger charge is -2.23. The Labute approximate surface area is 163 Å². The predicted molar refractivity (Wildman–Crippen MR) is 109 cm³/mol. The zero-order valence-corrected chi connectivity index (χ0v) is 15.9. The van der Waals surface area contributed by atoms with Crippen molar-refractivity contribution in [2.24, 2.45) is 0 Å². The first kappa shape index (κ1) is 19.3. The number of hydrogen-bond acceptors (Lipinski definition) is 4. The van der Waals surface area contributed by atoms with Gasteiger partial charge in [-0.1, -0.05) is 25.1 Å². The molecule has 28 heavy (non-hydrogen) atoms. The Kier molecular flexibility index (Phi) is 6.16. The maximum absolute atomic E-state index is 12.3. The van der Waals surface area contributed by atoms with Gasteiger partial charge in [-0.25, -0.2) is 4.79 Å². The summed E-state index contributed by atoms with van der Waals surface area (Å²) in [5.41, 5.74) is 2.19. The number of carbonyl (C=O) groups is 2. The fourth-order valence-corrected chi connectivity index (χ4v) is 3.06. The average molecular weight is 377 g/mol. The van der Waals surface area contributed by atoms with E-state index in [9.17, 15) is 9.59 Å². The molecule has 0 saturated heterocycles. The molecule has 0 aliphatic rings. The summed E-state index contributed by atoms with van der Waals surface area (Å²) in [5, 5.41) is 10.6. The largest absolute Gasteiger partial charge is 0.345 e. The topological polar surface area (TPSA) is 96.0 Å². The molecule has 1 unspecified atom stereocenters. The van der Waals surface area contributed by atoms with Crippen LogP contribution in [-0.2, 0) is 4.79 Å². The summed E-state index contributed by atoms with van der Waals surface area (Å²) in [6, 6.07) is 8.86. The lowest BCUT2D eigenvalue weighted by molar-refractivity contribution is -0.121. The van der Waals surface area contributed by atoms with Gasteiger partial charge in [0.1, 0.15) is 0 Å². The van der Waals surface area contributed by atoms with Gasteiger partial charge in [-0.15, -0.1) is 0 Å². The monoisotopic (exact) mass is 377 g/mol. The third-order valence-corrected chi connectivity index (χ3v) is 4.41. The Bertz CT molecular complexity index is 984. The molecule has 3 aromatic rings. The number of hydrogen-bond donors (Lipinski definition) is 3. The van der Waals surface area contributed by atoms with Crippen molar-refractivity contribution in [2.45, 2.75) is 26.3 Å². The normalized spacial score (nSPS) is 11.6. The van der Waals surface area contributed by atoms with Crippen LogP contribution in [0.2, 0.25) is 0 Å². The van der Waals surface area contributed by atoms with Crippen LogP contribution < -0.4 is 16.0 Å². The Balaban J connectivity index is 2.11. The number of carbonyl (C=O) groups excluding carboxylic acids is 2. The van der Waals surface area contributed by atoms with Gasteiger partial charge in [-0.2, -0.15) is 0 Å². The van der Waals surface area contributed by atoms with Crippen molar-refractivity contribution in [2.75, 3.05) is 11.9 Å². The number of nitrogens with zero attached hydrogens (tertiary/aromatic N) is 2. The summed E-state index contributed by atoms with van der Waals surface area (Å²) >= 11 is 0. The van der Waals surface area contributed by atoms with Crippen molar-refractivity contribution in [3.8, 4) is 0 Å². The molecule has 0 saturated carbocycles. The molecule has 7 heteroatoms. The zero-order chi connectivity index (χ0) is 19.9. The molecule has 144 valence electrons. The third kappa shape index (κ3) is 4.25. The molecule has 1 aromatic carbocycles. The van der Waals surface area contributed by atoms with Gasteiger partial charge in [-0.05, 0) is 30.0 Å². The van der Waals surface area contributed by atoms with Gasteiger partial charge in [0, 0.05) is 42.5 Å². The van der Waals surface area contributed by atoms with E-state index in [4.69, 9.17) is 0 Å². The van der Waals surface area contributed by atoms with E-state index in [1.165, 1.54) is 0 Å². The number of aromatic nitrogens is 2. The van der Waals surface area contributed by atoms with E-state index < -0.39 is 6.04 Å². The first-order valence-electron chi connectivity index (χ1n) is 9.24. The molecule has 0 fully saturated rings.